The molecule has 0 aliphatic rings. The molecule has 0 fully saturated rings. The van der Waals surface area contributed by atoms with E-state index in [1.54, 1.807) is 0 Å². The molecule has 0 saturated heterocycles. The lowest BCUT2D eigenvalue weighted by atomic mass is 10.3. The highest BCUT2D eigenvalue weighted by Crippen LogP contribution is 2.27. The van der Waals surface area contributed by atoms with E-state index in [0.29, 0.717) is 5.56 Å². The summed E-state index contributed by atoms with van der Waals surface area (Å²) >= 11 is 0. The average Bonchev–Trinajstić information content (AvgIpc) is 2.16. The first-order valence-electron chi connectivity index (χ1n) is 4.38. The molecule has 1 rings (SSSR count). The monoisotopic (exact) mass is 262 g/mol. The van der Waals surface area contributed by atoms with Crippen molar-refractivity contribution in [1.29, 1.82) is 10.0 Å². The second-order valence-corrected chi connectivity index (χ2v) is 5.98. The lowest BCUT2D eigenvalue weighted by molar-refractivity contribution is -0.141. The highest BCUT2D eigenvalue weighted by atomic mass is 32.2. The highest BCUT2D eigenvalue weighted by molar-refractivity contribution is 7.93. The Labute approximate surface area is 96.7 Å². The number of nitriles is 1. The zero-order valence-electron chi connectivity index (χ0n) is 8.82. The summed E-state index contributed by atoms with van der Waals surface area (Å²) in [5, 5.41) is 8.35. The van der Waals surface area contributed by atoms with Crippen molar-refractivity contribution in [3.63, 3.8) is 0 Å². The Balaban J connectivity index is 2.95. The van der Waals surface area contributed by atoms with E-state index in [9.17, 15) is 13.2 Å². The van der Waals surface area contributed by atoms with Gasteiger partial charge in [0, 0.05) is 18.2 Å². The summed E-state index contributed by atoms with van der Waals surface area (Å²) in [5.41, 5.74) is -0.510. The van der Waals surface area contributed by atoms with Gasteiger partial charge in [0.25, 0.3) is 0 Å². The Morgan fingerprint density at radius 1 is 1.53 bits per heavy atom. The van der Waals surface area contributed by atoms with Crippen molar-refractivity contribution in [3.8, 4) is 6.19 Å². The van der Waals surface area contributed by atoms with Gasteiger partial charge in [-0.25, -0.2) is 0 Å². The molecule has 0 radical (unpaired) electrons. The number of hydrogen-bond acceptors (Lipinski definition) is 4. The Morgan fingerprint density at radius 3 is 2.59 bits per heavy atom. The van der Waals surface area contributed by atoms with E-state index in [4.69, 9.17) is 10.0 Å². The van der Waals surface area contributed by atoms with Crippen LogP contribution in [0.25, 0.3) is 0 Å². The van der Waals surface area contributed by atoms with E-state index in [1.165, 1.54) is 18.5 Å². The molecule has 1 N–H and O–H groups in total. The Morgan fingerprint density at radius 2 is 2.18 bits per heavy atom. The first kappa shape index (κ1) is 13.4. The number of nitrogens with zero attached hydrogens (tertiary/aromatic N) is 3. The largest absolute Gasteiger partial charge is 0.433 e. The molecule has 1 heterocycles. The Kier molecular flexibility index (Phi) is 3.72. The highest BCUT2D eigenvalue weighted by Gasteiger charge is 2.31. The molecule has 17 heavy (non-hydrogen) atoms. The molecule has 1 atom stereocenters. The van der Waals surface area contributed by atoms with Crippen molar-refractivity contribution < 1.29 is 13.2 Å². The van der Waals surface area contributed by atoms with Gasteiger partial charge in [-0.05, 0) is 21.3 Å². The maximum atomic E-state index is 12.2. The second-order valence-electron chi connectivity index (χ2n) is 3.43. The third-order valence-electron chi connectivity index (χ3n) is 1.81. The van der Waals surface area contributed by atoms with Gasteiger partial charge < -0.3 is 0 Å². The van der Waals surface area contributed by atoms with E-state index in [1.807, 2.05) is 0 Å². The van der Waals surface area contributed by atoms with Gasteiger partial charge in [-0.15, -0.1) is 4.36 Å². The second kappa shape index (κ2) is 4.71. The third kappa shape index (κ3) is 4.03. The number of halogens is 3. The van der Waals surface area contributed by atoms with Crippen LogP contribution in [0.4, 0.5) is 13.2 Å². The first-order valence-corrected chi connectivity index (χ1v) is 6.55. The fourth-order valence-corrected chi connectivity index (χ4v) is 2.19. The smallest absolute Gasteiger partial charge is 0.269 e. The molecule has 92 valence electrons. The number of hydrogen-bond donors (Lipinski definition) is 1. The van der Waals surface area contributed by atoms with Crippen molar-refractivity contribution in [2.24, 2.45) is 4.36 Å². The summed E-state index contributed by atoms with van der Waals surface area (Å²) in [6.07, 6.45) is -0.383. The Bertz CT molecular complexity index is 547. The van der Waals surface area contributed by atoms with E-state index in [2.05, 4.69) is 9.35 Å². The summed E-state index contributed by atoms with van der Waals surface area (Å²) in [4.78, 5) is 3.27. The number of nitrogens with one attached hydrogen (secondary N) is 1. The van der Waals surface area contributed by atoms with Crippen LogP contribution in [-0.4, -0.2) is 11.2 Å². The number of rotatable bonds is 2. The van der Waals surface area contributed by atoms with Crippen LogP contribution in [0.3, 0.4) is 0 Å². The van der Waals surface area contributed by atoms with Gasteiger partial charge >= 0.3 is 6.18 Å². The van der Waals surface area contributed by atoms with Crippen molar-refractivity contribution in [3.05, 3.63) is 29.6 Å². The number of alkyl halides is 3. The lowest BCUT2D eigenvalue weighted by Crippen LogP contribution is -2.08. The first-order chi connectivity index (χ1) is 7.74. The SMILES string of the molecule is CS(=N)(Cc1ccc(C(F)(F)F)nc1)=NC#N. The molecule has 4 nitrogen and oxygen atoms in total. The van der Waals surface area contributed by atoms with Gasteiger partial charge in [0.1, 0.15) is 5.69 Å². The lowest BCUT2D eigenvalue weighted by Gasteiger charge is -2.08. The van der Waals surface area contributed by atoms with Crippen LogP contribution < -0.4 is 0 Å². The van der Waals surface area contributed by atoms with Crippen molar-refractivity contribution in [2.45, 2.75) is 11.9 Å². The van der Waals surface area contributed by atoms with Gasteiger partial charge in [0.2, 0.25) is 6.19 Å². The van der Waals surface area contributed by atoms with Gasteiger partial charge in [-0.2, -0.15) is 18.4 Å². The molecular weight excluding hydrogens is 253 g/mol. The zero-order valence-corrected chi connectivity index (χ0v) is 9.64. The molecule has 0 amide bonds. The van der Waals surface area contributed by atoms with E-state index in [0.717, 1.165) is 12.3 Å². The molecule has 1 unspecified atom stereocenters. The molecule has 0 aliphatic carbocycles. The Hall–Kier alpha value is -1.62. The maximum Gasteiger partial charge on any atom is 0.433 e. The molecule has 0 bridgehead atoms. The molecule has 8 heteroatoms. The van der Waals surface area contributed by atoms with Gasteiger partial charge in [-0.3, -0.25) is 9.76 Å². The molecule has 1 aromatic heterocycles. The van der Waals surface area contributed by atoms with Crippen LogP contribution in [0.2, 0.25) is 0 Å². The van der Waals surface area contributed by atoms with Crippen LogP contribution >= 0.6 is 0 Å². The normalized spacial score (nSPS) is 14.8. The summed E-state index contributed by atoms with van der Waals surface area (Å²) in [6, 6.07) is 2.11. The quantitative estimate of drug-likeness (QED) is 0.832. The summed E-state index contributed by atoms with van der Waals surface area (Å²) in [5.74, 6) is 0.117. The molecule has 1 aromatic rings. The fourth-order valence-electron chi connectivity index (χ4n) is 1.12. The van der Waals surface area contributed by atoms with E-state index < -0.39 is 21.5 Å². The maximum absolute atomic E-state index is 12.2. The zero-order chi connectivity index (χ0) is 13.1. The van der Waals surface area contributed by atoms with Crippen LogP contribution in [0.1, 0.15) is 11.3 Å². The van der Waals surface area contributed by atoms with Crippen molar-refractivity contribution in [1.82, 2.24) is 4.98 Å². The van der Waals surface area contributed by atoms with Gasteiger partial charge in [-0.1, -0.05) is 6.07 Å². The predicted molar refractivity (Wildman–Crippen MR) is 57.0 cm³/mol. The third-order valence-corrected chi connectivity index (χ3v) is 3.19. The van der Waals surface area contributed by atoms with Crippen LogP contribution in [-0.2, 0) is 21.5 Å². The van der Waals surface area contributed by atoms with E-state index >= 15 is 0 Å². The summed E-state index contributed by atoms with van der Waals surface area (Å²) in [7, 11) is -2.24. The van der Waals surface area contributed by atoms with Crippen molar-refractivity contribution >= 4 is 9.62 Å². The average molecular weight is 262 g/mol. The minimum Gasteiger partial charge on any atom is -0.269 e. The molecular formula is C9H9F3N4S. The minimum atomic E-state index is -4.47. The van der Waals surface area contributed by atoms with E-state index in [-0.39, 0.29) is 5.75 Å². The molecule has 0 aromatic carbocycles. The molecule has 0 aliphatic heterocycles. The predicted octanol–water partition coefficient (Wildman–Crippen LogP) is 2.81. The minimum absolute atomic E-state index is 0.117. The standard InChI is InChI=1S/C9H9F3N4S/c1-17(14,16-6-13)5-7-2-3-8(15-4-7)9(10,11)12/h2-4,14H,5H2,1H3. The van der Waals surface area contributed by atoms with Crippen LogP contribution in [0.5, 0.6) is 0 Å². The topological polar surface area (TPSA) is 72.9 Å². The number of pyridine rings is 1. The summed E-state index contributed by atoms with van der Waals surface area (Å²) in [6.45, 7) is 0. The molecule has 0 spiro atoms. The van der Waals surface area contributed by atoms with Gasteiger partial charge in [0.05, 0.1) is 0 Å². The summed E-state index contributed by atoms with van der Waals surface area (Å²) < 4.78 is 47.8. The number of aromatic nitrogens is 1. The van der Waals surface area contributed by atoms with Crippen LogP contribution in [0.15, 0.2) is 22.7 Å². The van der Waals surface area contributed by atoms with Gasteiger partial charge in [0.15, 0.2) is 0 Å². The molecule has 0 saturated carbocycles. The fraction of sp³-hybridized carbons (Fsp3) is 0.333. The van der Waals surface area contributed by atoms with Crippen LogP contribution in [0, 0.1) is 16.2 Å². The van der Waals surface area contributed by atoms with Crippen molar-refractivity contribution in [2.75, 3.05) is 6.26 Å².